The molecule has 3 aromatic rings. The molecule has 0 fully saturated rings. The van der Waals surface area contributed by atoms with Crippen LogP contribution in [0.2, 0.25) is 0 Å². The molecule has 0 atom stereocenters. The van der Waals surface area contributed by atoms with Crippen molar-refractivity contribution in [3.8, 4) is 5.69 Å². The van der Waals surface area contributed by atoms with Crippen LogP contribution in [0.25, 0.3) is 5.69 Å². The van der Waals surface area contributed by atoms with Crippen molar-refractivity contribution in [1.29, 1.82) is 0 Å². The van der Waals surface area contributed by atoms with E-state index in [9.17, 15) is 14.7 Å². The zero-order valence-corrected chi connectivity index (χ0v) is 13.6. The molecule has 126 valence electrons. The maximum atomic E-state index is 12.3. The highest BCUT2D eigenvalue weighted by Gasteiger charge is 2.19. The van der Waals surface area contributed by atoms with Crippen LogP contribution in [-0.2, 0) is 11.4 Å². The summed E-state index contributed by atoms with van der Waals surface area (Å²) < 4.78 is 1.54. The molecule has 1 amide bonds. The summed E-state index contributed by atoms with van der Waals surface area (Å²) in [5.74, 6) is -1.42. The molecule has 3 rings (SSSR count). The third kappa shape index (κ3) is 3.64. The van der Waals surface area contributed by atoms with E-state index in [1.807, 2.05) is 37.3 Å². The molecule has 2 aromatic carbocycles. The van der Waals surface area contributed by atoms with E-state index in [4.69, 9.17) is 0 Å². The van der Waals surface area contributed by atoms with Crippen LogP contribution >= 0.6 is 0 Å². The van der Waals surface area contributed by atoms with Crippen molar-refractivity contribution in [1.82, 2.24) is 9.78 Å². The third-order valence-corrected chi connectivity index (χ3v) is 3.80. The molecule has 0 saturated carbocycles. The molecule has 0 saturated heterocycles. The van der Waals surface area contributed by atoms with Gasteiger partial charge in [-0.3, -0.25) is 9.59 Å². The smallest absolute Gasteiger partial charge is 0.296 e. The number of Topliss-reactive ketones (excluding diaryl/α,β-unsaturated/α-hetero) is 1. The number of anilines is 1. The number of benzene rings is 2. The summed E-state index contributed by atoms with van der Waals surface area (Å²) in [5.41, 5.74) is 2.97. The van der Waals surface area contributed by atoms with Gasteiger partial charge in [-0.1, -0.05) is 30.3 Å². The van der Waals surface area contributed by atoms with Crippen LogP contribution in [0.4, 0.5) is 5.69 Å². The molecule has 6 heteroatoms. The van der Waals surface area contributed by atoms with Crippen LogP contribution < -0.4 is 5.32 Å². The average Bonchev–Trinajstić information content (AvgIpc) is 3.13. The molecule has 6 nitrogen and oxygen atoms in total. The number of hydrogen-bond donors (Lipinski definition) is 2. The molecule has 0 spiro atoms. The van der Waals surface area contributed by atoms with Gasteiger partial charge >= 0.3 is 0 Å². The van der Waals surface area contributed by atoms with E-state index in [2.05, 4.69) is 10.4 Å². The highest BCUT2D eigenvalue weighted by molar-refractivity contribution is 6.46. The number of rotatable bonds is 5. The fraction of sp³-hybridized carbons (Fsp3) is 0.105. The van der Waals surface area contributed by atoms with Gasteiger partial charge < -0.3 is 10.4 Å². The van der Waals surface area contributed by atoms with Crippen molar-refractivity contribution in [3.63, 3.8) is 0 Å². The topological polar surface area (TPSA) is 84.2 Å². The number of aliphatic hydroxyl groups excluding tert-OH is 1. The number of hydrogen-bond acceptors (Lipinski definition) is 4. The third-order valence-electron chi connectivity index (χ3n) is 3.80. The van der Waals surface area contributed by atoms with Crippen molar-refractivity contribution in [2.24, 2.45) is 0 Å². The quantitative estimate of drug-likeness (QED) is 0.554. The molecular weight excluding hydrogens is 318 g/mol. The van der Waals surface area contributed by atoms with Gasteiger partial charge in [-0.15, -0.1) is 0 Å². The van der Waals surface area contributed by atoms with E-state index in [1.165, 1.54) is 17.1 Å². The lowest BCUT2D eigenvalue weighted by molar-refractivity contribution is -0.112. The number of aliphatic hydroxyl groups is 1. The number of para-hydroxylation sites is 1. The Morgan fingerprint density at radius 3 is 2.64 bits per heavy atom. The summed E-state index contributed by atoms with van der Waals surface area (Å²) in [4.78, 5) is 24.6. The number of carbonyl (C=O) groups excluding carboxylic acids is 2. The molecule has 0 unspecified atom stereocenters. The first kappa shape index (κ1) is 16.6. The van der Waals surface area contributed by atoms with Crippen LogP contribution in [0.3, 0.4) is 0 Å². The molecule has 2 N–H and O–H groups in total. The van der Waals surface area contributed by atoms with Crippen LogP contribution in [-0.4, -0.2) is 26.6 Å². The minimum absolute atomic E-state index is 0.138. The minimum atomic E-state index is -0.745. The van der Waals surface area contributed by atoms with E-state index < -0.39 is 11.7 Å². The van der Waals surface area contributed by atoms with E-state index in [-0.39, 0.29) is 12.2 Å². The molecule has 0 radical (unpaired) electrons. The molecular formula is C19H17N3O3. The lowest BCUT2D eigenvalue weighted by Gasteiger charge is -2.08. The fourth-order valence-electron chi connectivity index (χ4n) is 2.37. The van der Waals surface area contributed by atoms with Crippen molar-refractivity contribution in [2.75, 3.05) is 5.32 Å². The summed E-state index contributed by atoms with van der Waals surface area (Å²) in [7, 11) is 0. The predicted molar refractivity (Wildman–Crippen MR) is 93.6 cm³/mol. The maximum absolute atomic E-state index is 12.3. The lowest BCUT2D eigenvalue weighted by atomic mass is 10.1. The first-order valence-electron chi connectivity index (χ1n) is 7.74. The Balaban J connectivity index is 1.77. The second-order valence-corrected chi connectivity index (χ2v) is 5.60. The number of carbonyl (C=O) groups is 2. The fourth-order valence-corrected chi connectivity index (χ4v) is 2.37. The van der Waals surface area contributed by atoms with Gasteiger partial charge in [-0.2, -0.15) is 5.10 Å². The molecule has 0 aliphatic carbocycles. The summed E-state index contributed by atoms with van der Waals surface area (Å²) in [6, 6.07) is 14.5. The summed E-state index contributed by atoms with van der Waals surface area (Å²) in [6.45, 7) is 1.68. The SMILES string of the molecule is Cc1ccc(CO)cc1NC(=O)C(=O)c1cnn(-c2ccccc2)c1. The first-order valence-corrected chi connectivity index (χ1v) is 7.74. The minimum Gasteiger partial charge on any atom is -0.392 e. The highest BCUT2D eigenvalue weighted by atomic mass is 16.3. The molecule has 1 heterocycles. The number of ketones is 1. The van der Waals surface area contributed by atoms with Crippen molar-refractivity contribution < 1.29 is 14.7 Å². The zero-order valence-electron chi connectivity index (χ0n) is 13.6. The van der Waals surface area contributed by atoms with Crippen molar-refractivity contribution in [2.45, 2.75) is 13.5 Å². The Hall–Kier alpha value is -3.25. The maximum Gasteiger partial charge on any atom is 0.296 e. The van der Waals surface area contributed by atoms with E-state index in [0.29, 0.717) is 11.3 Å². The lowest BCUT2D eigenvalue weighted by Crippen LogP contribution is -2.23. The number of nitrogens with one attached hydrogen (secondary N) is 1. The molecule has 25 heavy (non-hydrogen) atoms. The Kier molecular flexibility index (Phi) is 4.72. The number of aryl methyl sites for hydroxylation is 1. The van der Waals surface area contributed by atoms with Crippen molar-refractivity contribution in [3.05, 3.63) is 77.6 Å². The number of aromatic nitrogens is 2. The summed E-state index contributed by atoms with van der Waals surface area (Å²) >= 11 is 0. The van der Waals surface area contributed by atoms with Gasteiger partial charge in [0.1, 0.15) is 0 Å². The van der Waals surface area contributed by atoms with Crippen molar-refractivity contribution >= 4 is 17.4 Å². The second-order valence-electron chi connectivity index (χ2n) is 5.60. The standard InChI is InChI=1S/C19H17N3O3/c1-13-7-8-14(12-23)9-17(13)21-19(25)18(24)15-10-20-22(11-15)16-5-3-2-4-6-16/h2-11,23H,12H2,1H3,(H,21,25). The van der Waals surface area contributed by atoms with Crippen LogP contribution in [0.1, 0.15) is 21.5 Å². The Morgan fingerprint density at radius 2 is 1.92 bits per heavy atom. The summed E-state index contributed by atoms with van der Waals surface area (Å²) in [6.07, 6.45) is 2.89. The molecule has 1 aromatic heterocycles. The molecule has 0 aliphatic heterocycles. The van der Waals surface area contributed by atoms with Gasteiger partial charge in [0.2, 0.25) is 0 Å². The second kappa shape index (κ2) is 7.11. The van der Waals surface area contributed by atoms with Gasteiger partial charge in [-0.25, -0.2) is 4.68 Å². The van der Waals surface area contributed by atoms with Gasteiger partial charge in [-0.05, 0) is 36.2 Å². The van der Waals surface area contributed by atoms with Crippen LogP contribution in [0.5, 0.6) is 0 Å². The van der Waals surface area contributed by atoms with E-state index >= 15 is 0 Å². The van der Waals surface area contributed by atoms with Gasteiger partial charge in [0.15, 0.2) is 0 Å². The largest absolute Gasteiger partial charge is 0.392 e. The van der Waals surface area contributed by atoms with E-state index in [1.54, 1.807) is 18.2 Å². The van der Waals surface area contributed by atoms with Crippen LogP contribution in [0.15, 0.2) is 60.9 Å². The van der Waals surface area contributed by atoms with Crippen LogP contribution in [0, 0.1) is 6.92 Å². The number of nitrogens with zero attached hydrogens (tertiary/aromatic N) is 2. The van der Waals surface area contributed by atoms with Gasteiger partial charge in [0.25, 0.3) is 11.7 Å². The Labute approximate surface area is 144 Å². The zero-order chi connectivity index (χ0) is 17.8. The van der Waals surface area contributed by atoms with E-state index in [0.717, 1.165) is 11.3 Å². The first-order chi connectivity index (χ1) is 12.1. The normalized spacial score (nSPS) is 10.5. The van der Waals surface area contributed by atoms with Gasteiger partial charge in [0.05, 0.1) is 24.1 Å². The Bertz CT molecular complexity index is 917. The summed E-state index contributed by atoms with van der Waals surface area (Å²) in [5, 5.41) is 15.9. The predicted octanol–water partition coefficient (Wildman–Crippen LogP) is 2.49. The molecule has 0 aliphatic rings. The highest BCUT2D eigenvalue weighted by Crippen LogP contribution is 2.17. The average molecular weight is 335 g/mol. The monoisotopic (exact) mass is 335 g/mol. The van der Waals surface area contributed by atoms with Gasteiger partial charge in [0, 0.05) is 11.9 Å². The number of amides is 1. The molecule has 0 bridgehead atoms. The Morgan fingerprint density at radius 1 is 1.16 bits per heavy atom.